The van der Waals surface area contributed by atoms with Crippen LogP contribution >= 0.6 is 0 Å². The SMILES string of the molecule is Cc1ccc(/C=C2/CN(C)CC3=C2NC2=C(C(=O)CC(C)(C)C2)C3c2ccc(C)cc2)cc1. The van der Waals surface area contributed by atoms with E-state index in [-0.39, 0.29) is 11.3 Å². The van der Waals surface area contributed by atoms with Crippen LogP contribution in [-0.2, 0) is 4.79 Å². The predicted molar refractivity (Wildman–Crippen MR) is 136 cm³/mol. The fourth-order valence-corrected chi connectivity index (χ4v) is 5.61. The van der Waals surface area contributed by atoms with Gasteiger partial charge in [0.1, 0.15) is 0 Å². The molecule has 3 nitrogen and oxygen atoms in total. The molecule has 3 heteroatoms. The Labute approximate surface area is 197 Å². The maximum Gasteiger partial charge on any atom is 0.162 e. The maximum atomic E-state index is 13.5. The molecule has 0 radical (unpaired) electrons. The number of carbonyl (C=O) groups excluding carboxylic acids is 1. The molecular weight excluding hydrogens is 404 g/mol. The number of carbonyl (C=O) groups is 1. The van der Waals surface area contributed by atoms with Crippen LogP contribution in [0.1, 0.15) is 54.9 Å². The zero-order valence-corrected chi connectivity index (χ0v) is 20.5. The van der Waals surface area contributed by atoms with Gasteiger partial charge in [0.25, 0.3) is 0 Å². The van der Waals surface area contributed by atoms with Gasteiger partial charge < -0.3 is 5.32 Å². The second-order valence-corrected chi connectivity index (χ2v) is 11.0. The number of allylic oxidation sites excluding steroid dienone is 2. The smallest absolute Gasteiger partial charge is 0.162 e. The minimum atomic E-state index is -0.0227. The van der Waals surface area contributed by atoms with Crippen LogP contribution in [0.15, 0.2) is 76.6 Å². The lowest BCUT2D eigenvalue weighted by Crippen LogP contribution is -2.43. The topological polar surface area (TPSA) is 32.3 Å². The Balaban J connectivity index is 1.68. The van der Waals surface area contributed by atoms with Crippen molar-refractivity contribution in [3.8, 4) is 0 Å². The fourth-order valence-electron chi connectivity index (χ4n) is 5.61. The van der Waals surface area contributed by atoms with E-state index >= 15 is 0 Å². The van der Waals surface area contributed by atoms with Crippen molar-refractivity contribution in [2.75, 3.05) is 20.1 Å². The zero-order chi connectivity index (χ0) is 23.3. The first-order valence-corrected chi connectivity index (χ1v) is 12.0. The molecular formula is C30H34N2O. The summed E-state index contributed by atoms with van der Waals surface area (Å²) in [6, 6.07) is 17.5. The fraction of sp³-hybridized carbons (Fsp3) is 0.367. The van der Waals surface area contributed by atoms with Crippen molar-refractivity contribution < 1.29 is 4.79 Å². The van der Waals surface area contributed by atoms with E-state index in [9.17, 15) is 4.79 Å². The normalized spacial score (nSPS) is 24.0. The van der Waals surface area contributed by atoms with E-state index in [1.165, 1.54) is 39.1 Å². The van der Waals surface area contributed by atoms with Gasteiger partial charge in [-0.2, -0.15) is 0 Å². The van der Waals surface area contributed by atoms with Crippen molar-refractivity contribution in [1.82, 2.24) is 10.2 Å². The van der Waals surface area contributed by atoms with Crippen LogP contribution in [0.3, 0.4) is 0 Å². The van der Waals surface area contributed by atoms with E-state index in [1.54, 1.807) is 0 Å². The van der Waals surface area contributed by atoms with Gasteiger partial charge in [-0.15, -0.1) is 0 Å². The van der Waals surface area contributed by atoms with Gasteiger partial charge in [-0.3, -0.25) is 9.69 Å². The van der Waals surface area contributed by atoms with Crippen molar-refractivity contribution in [3.63, 3.8) is 0 Å². The Morgan fingerprint density at radius 1 is 0.939 bits per heavy atom. The third kappa shape index (κ3) is 4.22. The second kappa shape index (κ2) is 8.14. The lowest BCUT2D eigenvalue weighted by Gasteiger charge is -2.44. The molecule has 0 aromatic heterocycles. The number of aryl methyl sites for hydroxylation is 2. The van der Waals surface area contributed by atoms with Crippen LogP contribution < -0.4 is 5.32 Å². The molecule has 2 aromatic rings. The van der Waals surface area contributed by atoms with Crippen LogP contribution in [0.2, 0.25) is 0 Å². The first-order chi connectivity index (χ1) is 15.7. The number of hydrogen-bond acceptors (Lipinski definition) is 3. The molecule has 2 heterocycles. The number of nitrogens with one attached hydrogen (secondary N) is 1. The number of Topliss-reactive ketones (excluding diaryl/α,β-unsaturated/α-hetero) is 1. The Morgan fingerprint density at radius 2 is 1.58 bits per heavy atom. The average molecular weight is 439 g/mol. The minimum absolute atomic E-state index is 0.0182. The minimum Gasteiger partial charge on any atom is -0.358 e. The summed E-state index contributed by atoms with van der Waals surface area (Å²) in [6.45, 7) is 10.4. The molecule has 2 aromatic carbocycles. The molecule has 0 bridgehead atoms. The van der Waals surface area contributed by atoms with Crippen LogP contribution in [0, 0.1) is 19.3 Å². The van der Waals surface area contributed by atoms with E-state index in [4.69, 9.17) is 0 Å². The first kappa shape index (κ1) is 21.9. The summed E-state index contributed by atoms with van der Waals surface area (Å²) in [5.74, 6) is 0.313. The highest BCUT2D eigenvalue weighted by molar-refractivity contribution is 6.00. The van der Waals surface area contributed by atoms with Gasteiger partial charge in [-0.1, -0.05) is 73.5 Å². The third-order valence-corrected chi connectivity index (χ3v) is 7.18. The first-order valence-electron chi connectivity index (χ1n) is 12.0. The molecule has 1 aliphatic carbocycles. The summed E-state index contributed by atoms with van der Waals surface area (Å²) in [5.41, 5.74) is 10.9. The van der Waals surface area contributed by atoms with Crippen molar-refractivity contribution in [2.24, 2.45) is 5.41 Å². The molecule has 1 atom stereocenters. The Bertz CT molecular complexity index is 1190. The van der Waals surface area contributed by atoms with E-state index < -0.39 is 0 Å². The van der Waals surface area contributed by atoms with E-state index in [1.807, 2.05) is 0 Å². The number of dihydropyridines is 1. The highest BCUT2D eigenvalue weighted by Gasteiger charge is 2.43. The molecule has 0 saturated heterocycles. The van der Waals surface area contributed by atoms with Crippen LogP contribution in [0.5, 0.6) is 0 Å². The zero-order valence-electron chi connectivity index (χ0n) is 20.5. The average Bonchev–Trinajstić information content (AvgIpc) is 2.74. The molecule has 2 aliphatic heterocycles. The number of hydrogen-bond donors (Lipinski definition) is 1. The maximum absolute atomic E-state index is 13.5. The molecule has 33 heavy (non-hydrogen) atoms. The lowest BCUT2D eigenvalue weighted by atomic mass is 9.67. The van der Waals surface area contributed by atoms with E-state index in [0.717, 1.165) is 30.8 Å². The molecule has 0 amide bonds. The Kier molecular flexibility index (Phi) is 5.41. The Hall–Kier alpha value is -2.91. The van der Waals surface area contributed by atoms with Gasteiger partial charge in [0.15, 0.2) is 5.78 Å². The van der Waals surface area contributed by atoms with Crippen molar-refractivity contribution >= 4 is 11.9 Å². The lowest BCUT2D eigenvalue weighted by molar-refractivity contribution is -0.118. The summed E-state index contributed by atoms with van der Waals surface area (Å²) >= 11 is 0. The summed E-state index contributed by atoms with van der Waals surface area (Å²) in [7, 11) is 2.18. The number of rotatable bonds is 2. The number of likely N-dealkylation sites (N-methyl/N-ethyl adjacent to an activating group) is 1. The van der Waals surface area contributed by atoms with Gasteiger partial charge in [0.2, 0.25) is 0 Å². The highest BCUT2D eigenvalue weighted by atomic mass is 16.1. The van der Waals surface area contributed by atoms with Gasteiger partial charge in [-0.05, 0) is 61.1 Å². The van der Waals surface area contributed by atoms with Crippen LogP contribution in [0.25, 0.3) is 6.08 Å². The summed E-state index contributed by atoms with van der Waals surface area (Å²) < 4.78 is 0. The predicted octanol–water partition coefficient (Wildman–Crippen LogP) is 5.92. The number of ketones is 1. The van der Waals surface area contributed by atoms with Crippen molar-refractivity contribution in [3.05, 3.63) is 98.9 Å². The molecule has 0 saturated carbocycles. The Morgan fingerprint density at radius 3 is 2.24 bits per heavy atom. The molecule has 0 fully saturated rings. The standard InChI is InChI=1S/C30H34N2O/c1-19-6-10-21(11-7-19)14-23-17-32(5)18-24-27(22-12-8-20(2)9-13-22)28-25(31-29(23)24)15-30(3,4)16-26(28)33/h6-14,27,31H,15-18H2,1-5H3/b23-14-. The van der Waals surface area contributed by atoms with Gasteiger partial charge in [-0.25, -0.2) is 0 Å². The molecule has 0 spiro atoms. The second-order valence-electron chi connectivity index (χ2n) is 11.0. The number of nitrogens with zero attached hydrogens (tertiary/aromatic N) is 1. The molecule has 1 N–H and O–H groups in total. The van der Waals surface area contributed by atoms with Crippen molar-refractivity contribution in [1.29, 1.82) is 0 Å². The van der Waals surface area contributed by atoms with Gasteiger partial charge in [0, 0.05) is 42.4 Å². The van der Waals surface area contributed by atoms with E-state index in [2.05, 4.69) is 99.6 Å². The van der Waals surface area contributed by atoms with E-state index in [0.29, 0.717) is 12.2 Å². The largest absolute Gasteiger partial charge is 0.358 e. The summed E-state index contributed by atoms with van der Waals surface area (Å²) in [4.78, 5) is 15.9. The number of benzene rings is 2. The van der Waals surface area contributed by atoms with Crippen LogP contribution in [-0.4, -0.2) is 30.8 Å². The summed E-state index contributed by atoms with van der Waals surface area (Å²) in [5, 5.41) is 3.80. The molecule has 3 aliphatic rings. The molecule has 1 unspecified atom stereocenters. The third-order valence-electron chi connectivity index (χ3n) is 7.18. The van der Waals surface area contributed by atoms with Crippen molar-refractivity contribution in [2.45, 2.75) is 46.5 Å². The molecule has 170 valence electrons. The van der Waals surface area contributed by atoms with Gasteiger partial charge >= 0.3 is 0 Å². The quantitative estimate of drug-likeness (QED) is 0.632. The summed E-state index contributed by atoms with van der Waals surface area (Å²) in [6.07, 6.45) is 3.83. The highest BCUT2D eigenvalue weighted by Crippen LogP contribution is 2.48. The molecule has 5 rings (SSSR count). The van der Waals surface area contributed by atoms with Gasteiger partial charge in [0.05, 0.1) is 0 Å². The van der Waals surface area contributed by atoms with Crippen LogP contribution in [0.4, 0.5) is 0 Å². The monoisotopic (exact) mass is 438 g/mol.